The van der Waals surface area contributed by atoms with E-state index in [-0.39, 0.29) is 30.7 Å². The summed E-state index contributed by atoms with van der Waals surface area (Å²) in [6.07, 6.45) is 0. The number of hydrogen-bond acceptors (Lipinski definition) is 6. The van der Waals surface area contributed by atoms with Crippen LogP contribution >= 0.6 is 23.4 Å². The molecule has 10 heteroatoms. The van der Waals surface area contributed by atoms with Crippen molar-refractivity contribution in [3.05, 3.63) is 64.4 Å². The first kappa shape index (κ1) is 25.6. The minimum absolute atomic E-state index is 0.0937. The molecule has 0 atom stereocenters. The van der Waals surface area contributed by atoms with Crippen molar-refractivity contribution in [3.63, 3.8) is 0 Å². The van der Waals surface area contributed by atoms with E-state index < -0.39 is 0 Å². The van der Waals surface area contributed by atoms with Gasteiger partial charge in [0.25, 0.3) is 5.91 Å². The number of halogens is 1. The molecular weight excluding hydrogens is 474 g/mol. The molecule has 0 saturated carbocycles. The number of ether oxygens (including phenoxy) is 1. The number of anilines is 1. The van der Waals surface area contributed by atoms with Gasteiger partial charge in [0.05, 0.1) is 12.3 Å². The van der Waals surface area contributed by atoms with Gasteiger partial charge in [0.1, 0.15) is 5.75 Å². The zero-order valence-electron chi connectivity index (χ0n) is 19.6. The minimum Gasteiger partial charge on any atom is -0.484 e. The monoisotopic (exact) mass is 501 g/mol. The first-order chi connectivity index (χ1) is 16.2. The zero-order chi connectivity index (χ0) is 24.7. The van der Waals surface area contributed by atoms with Crippen molar-refractivity contribution in [3.8, 4) is 5.75 Å². The van der Waals surface area contributed by atoms with Crippen LogP contribution in [0.2, 0.25) is 5.02 Å². The molecule has 8 nitrogen and oxygen atoms in total. The van der Waals surface area contributed by atoms with E-state index in [0.29, 0.717) is 33.4 Å². The van der Waals surface area contributed by atoms with E-state index >= 15 is 0 Å². The summed E-state index contributed by atoms with van der Waals surface area (Å²) >= 11 is 7.26. The van der Waals surface area contributed by atoms with Gasteiger partial charge in [-0.25, -0.2) is 0 Å². The Morgan fingerprint density at radius 2 is 1.85 bits per heavy atom. The molecule has 1 heterocycles. The molecule has 0 aliphatic carbocycles. The molecule has 34 heavy (non-hydrogen) atoms. The molecule has 0 aliphatic heterocycles. The summed E-state index contributed by atoms with van der Waals surface area (Å²) in [4.78, 5) is 24.5. The summed E-state index contributed by atoms with van der Waals surface area (Å²) in [7, 11) is 1.79. The normalized spacial score (nSPS) is 10.9. The van der Waals surface area contributed by atoms with Gasteiger partial charge in [-0.15, -0.1) is 10.2 Å². The maximum atomic E-state index is 12.3. The van der Waals surface area contributed by atoms with Crippen LogP contribution in [0.4, 0.5) is 5.69 Å². The van der Waals surface area contributed by atoms with Gasteiger partial charge >= 0.3 is 0 Å². The van der Waals surface area contributed by atoms with Gasteiger partial charge < -0.3 is 19.9 Å². The van der Waals surface area contributed by atoms with Crippen molar-refractivity contribution in [2.24, 2.45) is 7.05 Å². The number of thioether (sulfide) groups is 1. The van der Waals surface area contributed by atoms with E-state index in [1.54, 1.807) is 23.7 Å². The molecule has 0 radical (unpaired) electrons. The molecule has 3 rings (SSSR count). The predicted octanol–water partition coefficient (Wildman–Crippen LogP) is 4.33. The quantitative estimate of drug-likeness (QED) is 0.401. The second-order valence-electron chi connectivity index (χ2n) is 8.04. The number of nitrogens with zero attached hydrogens (tertiary/aromatic N) is 3. The third kappa shape index (κ3) is 7.23. The number of amides is 2. The highest BCUT2D eigenvalue weighted by atomic mass is 35.5. The minimum atomic E-state index is -0.263. The van der Waals surface area contributed by atoms with Gasteiger partial charge in [-0.2, -0.15) is 0 Å². The van der Waals surface area contributed by atoms with Crippen LogP contribution in [0.25, 0.3) is 0 Å². The number of aromatic nitrogens is 3. The Kier molecular flexibility index (Phi) is 8.95. The predicted molar refractivity (Wildman–Crippen MR) is 134 cm³/mol. The van der Waals surface area contributed by atoms with E-state index in [0.717, 1.165) is 5.56 Å². The Morgan fingerprint density at radius 1 is 1.12 bits per heavy atom. The van der Waals surface area contributed by atoms with Gasteiger partial charge in [-0.3, -0.25) is 9.59 Å². The molecule has 2 N–H and O–H groups in total. The standard InChI is InChI=1S/C24H28ClN5O3S/c1-15(2)17-6-9-19(10-7-17)33-13-22(31)26-12-21-28-29-24(30(21)4)34-14-23(32)27-20-11-18(25)8-5-16(20)3/h5-11,15H,12-14H2,1-4H3,(H,26,31)(H,27,32). The third-order valence-electron chi connectivity index (χ3n) is 5.09. The second-order valence-corrected chi connectivity index (χ2v) is 9.42. The topological polar surface area (TPSA) is 98.1 Å². The van der Waals surface area contributed by atoms with Crippen LogP contribution in [-0.4, -0.2) is 38.9 Å². The average Bonchev–Trinajstić information content (AvgIpc) is 3.16. The van der Waals surface area contributed by atoms with Crippen LogP contribution in [0.3, 0.4) is 0 Å². The lowest BCUT2D eigenvalue weighted by molar-refractivity contribution is -0.123. The zero-order valence-corrected chi connectivity index (χ0v) is 21.2. The van der Waals surface area contributed by atoms with E-state index in [9.17, 15) is 9.59 Å². The van der Waals surface area contributed by atoms with Crippen LogP contribution in [0.1, 0.15) is 36.7 Å². The number of carbonyl (C=O) groups excluding carboxylic acids is 2. The maximum absolute atomic E-state index is 12.3. The Balaban J connectivity index is 1.44. The fourth-order valence-corrected chi connectivity index (χ4v) is 3.90. The number of hydrogen-bond donors (Lipinski definition) is 2. The van der Waals surface area contributed by atoms with E-state index in [1.807, 2.05) is 37.3 Å². The van der Waals surface area contributed by atoms with Crippen molar-refractivity contribution in [1.29, 1.82) is 0 Å². The van der Waals surface area contributed by atoms with E-state index in [4.69, 9.17) is 16.3 Å². The maximum Gasteiger partial charge on any atom is 0.258 e. The molecule has 2 amide bonds. The largest absolute Gasteiger partial charge is 0.484 e. The lowest BCUT2D eigenvalue weighted by Gasteiger charge is -2.10. The molecule has 180 valence electrons. The molecule has 0 unspecified atom stereocenters. The first-order valence-electron chi connectivity index (χ1n) is 10.8. The smallest absolute Gasteiger partial charge is 0.258 e. The number of rotatable bonds is 10. The SMILES string of the molecule is Cc1ccc(Cl)cc1NC(=O)CSc1nnc(CNC(=O)COc2ccc(C(C)C)cc2)n1C. The fourth-order valence-electron chi connectivity index (χ4n) is 3.00. The average molecular weight is 502 g/mol. The summed E-state index contributed by atoms with van der Waals surface area (Å²) in [5.41, 5.74) is 2.82. The number of aryl methyl sites for hydroxylation is 1. The van der Waals surface area contributed by atoms with E-state index in [2.05, 4.69) is 34.7 Å². The van der Waals surface area contributed by atoms with Crippen molar-refractivity contribution < 1.29 is 14.3 Å². The Labute approximate surface area is 208 Å². The molecule has 0 saturated heterocycles. The van der Waals surface area contributed by atoms with Gasteiger partial charge in [0.15, 0.2) is 17.6 Å². The molecule has 0 bridgehead atoms. The highest BCUT2D eigenvalue weighted by Gasteiger charge is 2.13. The van der Waals surface area contributed by atoms with Gasteiger partial charge in [0, 0.05) is 17.8 Å². The lowest BCUT2D eigenvalue weighted by atomic mass is 10.0. The summed E-state index contributed by atoms with van der Waals surface area (Å²) in [5.74, 6) is 1.38. The van der Waals surface area contributed by atoms with Gasteiger partial charge in [0.2, 0.25) is 5.91 Å². The summed E-state index contributed by atoms with van der Waals surface area (Å²) in [5, 5.41) is 15.0. The number of carbonyl (C=O) groups is 2. The van der Waals surface area contributed by atoms with Crippen LogP contribution in [-0.2, 0) is 23.2 Å². The highest BCUT2D eigenvalue weighted by molar-refractivity contribution is 7.99. The molecule has 3 aromatic rings. The van der Waals surface area contributed by atoms with Crippen molar-refractivity contribution in [1.82, 2.24) is 20.1 Å². The third-order valence-corrected chi connectivity index (χ3v) is 6.35. The molecule has 0 spiro atoms. The summed E-state index contributed by atoms with van der Waals surface area (Å²) in [6.45, 7) is 6.25. The molecular formula is C24H28ClN5O3S. The van der Waals surface area contributed by atoms with Gasteiger partial charge in [-0.05, 0) is 48.2 Å². The fraction of sp³-hybridized carbons (Fsp3) is 0.333. The summed E-state index contributed by atoms with van der Waals surface area (Å²) in [6, 6.07) is 13.0. The van der Waals surface area contributed by atoms with E-state index in [1.165, 1.54) is 17.3 Å². The molecule has 1 aromatic heterocycles. The first-order valence-corrected chi connectivity index (χ1v) is 12.2. The van der Waals surface area contributed by atoms with Crippen LogP contribution in [0.15, 0.2) is 47.6 Å². The molecule has 2 aromatic carbocycles. The second kappa shape index (κ2) is 11.9. The Morgan fingerprint density at radius 3 is 2.56 bits per heavy atom. The number of nitrogens with one attached hydrogen (secondary N) is 2. The van der Waals surface area contributed by atoms with Crippen LogP contribution in [0, 0.1) is 6.92 Å². The van der Waals surface area contributed by atoms with Crippen molar-refractivity contribution in [2.45, 2.75) is 38.4 Å². The van der Waals surface area contributed by atoms with Crippen molar-refractivity contribution in [2.75, 3.05) is 17.7 Å². The van der Waals surface area contributed by atoms with Gasteiger partial charge in [-0.1, -0.05) is 55.4 Å². The molecule has 0 aliphatic rings. The lowest BCUT2D eigenvalue weighted by Crippen LogP contribution is -2.29. The molecule has 0 fully saturated rings. The highest BCUT2D eigenvalue weighted by Crippen LogP contribution is 2.22. The number of benzene rings is 2. The Hall–Kier alpha value is -3.04. The van der Waals surface area contributed by atoms with Crippen molar-refractivity contribution >= 4 is 40.9 Å². The van der Waals surface area contributed by atoms with Crippen LogP contribution < -0.4 is 15.4 Å². The Bertz CT molecular complexity index is 1150. The summed E-state index contributed by atoms with van der Waals surface area (Å²) < 4.78 is 7.29. The van der Waals surface area contributed by atoms with Crippen LogP contribution in [0.5, 0.6) is 5.75 Å².